The van der Waals surface area contributed by atoms with Crippen LogP contribution in [0.2, 0.25) is 0 Å². The van der Waals surface area contributed by atoms with Gasteiger partial charge in [-0.3, -0.25) is 0 Å². The quantitative estimate of drug-likeness (QED) is 0.798. The fourth-order valence-corrected chi connectivity index (χ4v) is 3.41. The van der Waals surface area contributed by atoms with Crippen LogP contribution in [0, 0.1) is 0 Å². The van der Waals surface area contributed by atoms with Crippen LogP contribution in [0.3, 0.4) is 0 Å². The van der Waals surface area contributed by atoms with Crippen LogP contribution in [0.1, 0.15) is 41.0 Å². The Kier molecular flexibility index (Phi) is 5.89. The van der Waals surface area contributed by atoms with Gasteiger partial charge in [-0.15, -0.1) is 11.3 Å². The molecule has 0 aliphatic heterocycles. The predicted octanol–water partition coefficient (Wildman–Crippen LogP) is 3.53. The van der Waals surface area contributed by atoms with E-state index in [2.05, 4.69) is 31.4 Å². The largest absolute Gasteiger partial charge is 0.465 e. The van der Waals surface area contributed by atoms with E-state index in [0.717, 1.165) is 17.0 Å². The van der Waals surface area contributed by atoms with Crippen molar-refractivity contribution < 1.29 is 14.3 Å². The minimum atomic E-state index is -0.445. The molecular formula is C18H25N3O3S. The lowest BCUT2D eigenvalue weighted by Crippen LogP contribution is -2.31. The first kappa shape index (κ1) is 19.1. The van der Waals surface area contributed by atoms with E-state index in [9.17, 15) is 9.59 Å². The second-order valence-electron chi connectivity index (χ2n) is 6.84. The lowest BCUT2D eigenvalue weighted by Gasteiger charge is -2.15. The molecule has 0 aliphatic carbocycles. The van der Waals surface area contributed by atoms with E-state index < -0.39 is 5.97 Å². The Labute approximate surface area is 152 Å². The highest BCUT2D eigenvalue weighted by atomic mass is 32.1. The van der Waals surface area contributed by atoms with Gasteiger partial charge in [-0.1, -0.05) is 20.8 Å². The number of amides is 2. The predicted molar refractivity (Wildman–Crippen MR) is 100 cm³/mol. The second kappa shape index (κ2) is 7.74. The van der Waals surface area contributed by atoms with Crippen molar-refractivity contribution in [3.63, 3.8) is 0 Å². The highest BCUT2D eigenvalue weighted by molar-refractivity contribution is 7.14. The highest BCUT2D eigenvalue weighted by Gasteiger charge is 2.24. The standard InChI is InChI=1S/C18H25N3O3S/c1-18(2,3)14-11-13(15(25-14)16(22)24-5)20-17(23)19-9-8-12-7-6-10-21(12)4/h6-7,10-11H,8-9H2,1-5H3,(H2,19,20,23). The van der Waals surface area contributed by atoms with Crippen molar-refractivity contribution >= 4 is 29.0 Å². The maximum Gasteiger partial charge on any atom is 0.350 e. The van der Waals surface area contributed by atoms with Gasteiger partial charge in [-0.25, -0.2) is 9.59 Å². The molecule has 6 nitrogen and oxygen atoms in total. The van der Waals surface area contributed by atoms with Crippen LogP contribution in [0.4, 0.5) is 10.5 Å². The Bertz CT molecular complexity index is 756. The third kappa shape index (κ3) is 4.85. The molecule has 0 aliphatic rings. The van der Waals surface area contributed by atoms with Crippen molar-refractivity contribution in [2.24, 2.45) is 7.05 Å². The lowest BCUT2D eigenvalue weighted by molar-refractivity contribution is 0.0607. The highest BCUT2D eigenvalue weighted by Crippen LogP contribution is 2.35. The molecule has 0 bridgehead atoms. The average molecular weight is 363 g/mol. The van der Waals surface area contributed by atoms with Crippen LogP contribution in [0.25, 0.3) is 0 Å². The fraction of sp³-hybridized carbons (Fsp3) is 0.444. The summed E-state index contributed by atoms with van der Waals surface area (Å²) in [7, 11) is 3.31. The van der Waals surface area contributed by atoms with E-state index >= 15 is 0 Å². The summed E-state index contributed by atoms with van der Waals surface area (Å²) in [5, 5.41) is 5.58. The number of carbonyl (C=O) groups is 2. The van der Waals surface area contributed by atoms with Gasteiger partial charge in [0.05, 0.1) is 12.8 Å². The molecule has 0 spiro atoms. The summed E-state index contributed by atoms with van der Waals surface area (Å²) in [5.41, 5.74) is 1.51. The zero-order chi connectivity index (χ0) is 18.6. The van der Waals surface area contributed by atoms with Gasteiger partial charge in [0.15, 0.2) is 0 Å². The Morgan fingerprint density at radius 2 is 2.04 bits per heavy atom. The molecule has 0 fully saturated rings. The normalized spacial score (nSPS) is 11.2. The maximum absolute atomic E-state index is 12.2. The van der Waals surface area contributed by atoms with Gasteiger partial charge in [-0.05, 0) is 23.6 Å². The number of hydrogen-bond acceptors (Lipinski definition) is 4. The van der Waals surface area contributed by atoms with Gasteiger partial charge in [0.2, 0.25) is 0 Å². The van der Waals surface area contributed by atoms with Gasteiger partial charge >= 0.3 is 12.0 Å². The summed E-state index contributed by atoms with van der Waals surface area (Å²) in [6, 6.07) is 5.49. The van der Waals surface area contributed by atoms with Crippen molar-refractivity contribution in [1.29, 1.82) is 0 Å². The van der Waals surface area contributed by atoms with E-state index in [0.29, 0.717) is 17.1 Å². The Morgan fingerprint density at radius 1 is 1.32 bits per heavy atom. The lowest BCUT2D eigenvalue weighted by atomic mass is 9.94. The number of nitrogens with one attached hydrogen (secondary N) is 2. The summed E-state index contributed by atoms with van der Waals surface area (Å²) >= 11 is 1.34. The average Bonchev–Trinajstić information content (AvgIpc) is 3.13. The minimum absolute atomic E-state index is 0.115. The summed E-state index contributed by atoms with van der Waals surface area (Å²) in [5.74, 6) is -0.445. The molecule has 2 aromatic heterocycles. The van der Waals surface area contributed by atoms with Crippen LogP contribution in [-0.4, -0.2) is 30.2 Å². The summed E-state index contributed by atoms with van der Waals surface area (Å²) in [6.45, 7) is 6.68. The number of methoxy groups -OCH3 is 1. The molecule has 0 saturated heterocycles. The summed E-state index contributed by atoms with van der Waals surface area (Å²) in [4.78, 5) is 25.6. The third-order valence-electron chi connectivity index (χ3n) is 3.81. The number of urea groups is 1. The topological polar surface area (TPSA) is 72.4 Å². The monoisotopic (exact) mass is 363 g/mol. The Balaban J connectivity index is 2.02. The first-order valence-corrected chi connectivity index (χ1v) is 8.91. The SMILES string of the molecule is COC(=O)c1sc(C(C)(C)C)cc1NC(=O)NCCc1cccn1C. The van der Waals surface area contributed by atoms with E-state index in [4.69, 9.17) is 4.74 Å². The number of thiophene rings is 1. The molecule has 0 saturated carbocycles. The number of rotatable bonds is 5. The number of aryl methyl sites for hydroxylation is 1. The molecule has 0 radical (unpaired) electrons. The number of hydrogen-bond donors (Lipinski definition) is 2. The van der Waals surface area contributed by atoms with Crippen molar-refractivity contribution in [3.05, 3.63) is 39.8 Å². The van der Waals surface area contributed by atoms with Crippen LogP contribution < -0.4 is 10.6 Å². The number of anilines is 1. The zero-order valence-corrected chi connectivity index (χ0v) is 16.1. The number of nitrogens with zero attached hydrogens (tertiary/aromatic N) is 1. The molecule has 0 atom stereocenters. The van der Waals surface area contributed by atoms with Gasteiger partial charge in [0.1, 0.15) is 4.88 Å². The van der Waals surface area contributed by atoms with Crippen molar-refractivity contribution in [2.75, 3.05) is 19.0 Å². The number of esters is 1. The fourth-order valence-electron chi connectivity index (χ4n) is 2.32. The second-order valence-corrected chi connectivity index (χ2v) is 7.89. The molecule has 2 aromatic rings. The molecule has 7 heteroatoms. The van der Waals surface area contributed by atoms with Gasteiger partial charge in [0.25, 0.3) is 0 Å². The van der Waals surface area contributed by atoms with Crippen LogP contribution in [0.15, 0.2) is 24.4 Å². The number of aromatic nitrogens is 1. The van der Waals surface area contributed by atoms with Gasteiger partial charge in [0, 0.05) is 36.8 Å². The van der Waals surface area contributed by atoms with E-state index in [1.807, 2.05) is 36.0 Å². The van der Waals surface area contributed by atoms with E-state index in [1.165, 1.54) is 18.4 Å². The van der Waals surface area contributed by atoms with Crippen molar-refractivity contribution in [2.45, 2.75) is 32.6 Å². The molecular weight excluding hydrogens is 338 g/mol. The smallest absolute Gasteiger partial charge is 0.350 e. The Hall–Kier alpha value is -2.28. The van der Waals surface area contributed by atoms with Crippen LogP contribution in [-0.2, 0) is 23.6 Å². The molecule has 2 amide bonds. The van der Waals surface area contributed by atoms with Crippen LogP contribution >= 0.6 is 11.3 Å². The summed E-state index contributed by atoms with van der Waals surface area (Å²) in [6.07, 6.45) is 2.70. The minimum Gasteiger partial charge on any atom is -0.465 e. The van der Waals surface area contributed by atoms with Gasteiger partial charge in [-0.2, -0.15) is 0 Å². The Morgan fingerprint density at radius 3 is 2.60 bits per heavy atom. The number of carbonyl (C=O) groups excluding carboxylic acids is 2. The van der Waals surface area contributed by atoms with Crippen LogP contribution in [0.5, 0.6) is 0 Å². The molecule has 2 heterocycles. The van der Waals surface area contributed by atoms with E-state index in [1.54, 1.807) is 0 Å². The van der Waals surface area contributed by atoms with Gasteiger partial charge < -0.3 is 19.9 Å². The third-order valence-corrected chi connectivity index (χ3v) is 5.35. The molecule has 136 valence electrons. The molecule has 25 heavy (non-hydrogen) atoms. The molecule has 2 rings (SSSR count). The summed E-state index contributed by atoms with van der Waals surface area (Å²) < 4.78 is 6.84. The van der Waals surface area contributed by atoms with Crippen molar-refractivity contribution in [3.8, 4) is 0 Å². The molecule has 0 aromatic carbocycles. The molecule has 0 unspecified atom stereocenters. The molecule has 2 N–H and O–H groups in total. The van der Waals surface area contributed by atoms with Crippen molar-refractivity contribution in [1.82, 2.24) is 9.88 Å². The van der Waals surface area contributed by atoms with E-state index in [-0.39, 0.29) is 11.4 Å². The maximum atomic E-state index is 12.2. The zero-order valence-electron chi connectivity index (χ0n) is 15.3. The first-order chi connectivity index (χ1) is 11.7. The first-order valence-electron chi connectivity index (χ1n) is 8.10. The number of ether oxygens (including phenoxy) is 1.